The Labute approximate surface area is 102 Å². The van der Waals surface area contributed by atoms with Crippen molar-refractivity contribution in [3.8, 4) is 0 Å². The van der Waals surface area contributed by atoms with E-state index in [-0.39, 0.29) is 13.2 Å². The van der Waals surface area contributed by atoms with Crippen molar-refractivity contribution >= 4 is 0 Å². The van der Waals surface area contributed by atoms with E-state index in [9.17, 15) is 15.3 Å². The minimum atomic E-state index is -0.970. The lowest BCUT2D eigenvalue weighted by Gasteiger charge is -2.24. The fourth-order valence-corrected chi connectivity index (χ4v) is 1.97. The Kier molecular flexibility index (Phi) is 6.99. The first-order valence-corrected chi connectivity index (χ1v) is 6.40. The first kappa shape index (κ1) is 14.9. The SMILES string of the molecule is CCCCCCO[C@H](CO)[C@H]1OC[C@H](O)[C@H]1O. The summed E-state index contributed by atoms with van der Waals surface area (Å²) in [6, 6.07) is 0. The van der Waals surface area contributed by atoms with Crippen LogP contribution in [0.1, 0.15) is 32.6 Å². The van der Waals surface area contributed by atoms with Crippen LogP contribution in [0.4, 0.5) is 0 Å². The van der Waals surface area contributed by atoms with Gasteiger partial charge in [-0.05, 0) is 6.42 Å². The highest BCUT2D eigenvalue weighted by Gasteiger charge is 2.40. The zero-order chi connectivity index (χ0) is 12.7. The highest BCUT2D eigenvalue weighted by Crippen LogP contribution is 2.19. The molecule has 0 saturated carbocycles. The van der Waals surface area contributed by atoms with Crippen LogP contribution < -0.4 is 0 Å². The van der Waals surface area contributed by atoms with Gasteiger partial charge in [0.15, 0.2) is 0 Å². The Hall–Kier alpha value is -0.200. The largest absolute Gasteiger partial charge is 0.394 e. The fourth-order valence-electron chi connectivity index (χ4n) is 1.97. The third kappa shape index (κ3) is 4.52. The first-order chi connectivity index (χ1) is 8.20. The summed E-state index contributed by atoms with van der Waals surface area (Å²) in [5.74, 6) is 0. The molecule has 0 unspecified atom stereocenters. The smallest absolute Gasteiger partial charge is 0.114 e. The molecule has 0 aliphatic carbocycles. The lowest BCUT2D eigenvalue weighted by molar-refractivity contribution is -0.101. The molecular formula is C12H24O5. The van der Waals surface area contributed by atoms with E-state index in [1.807, 2.05) is 0 Å². The normalized spacial score (nSPS) is 30.7. The molecule has 0 aromatic heterocycles. The lowest BCUT2D eigenvalue weighted by Crippen LogP contribution is -2.42. The van der Waals surface area contributed by atoms with Gasteiger partial charge >= 0.3 is 0 Å². The van der Waals surface area contributed by atoms with Gasteiger partial charge in [-0.3, -0.25) is 0 Å². The van der Waals surface area contributed by atoms with Crippen molar-refractivity contribution < 1.29 is 24.8 Å². The molecule has 0 aromatic carbocycles. The second-order valence-electron chi connectivity index (χ2n) is 4.51. The zero-order valence-corrected chi connectivity index (χ0v) is 10.4. The monoisotopic (exact) mass is 248 g/mol. The Morgan fingerprint density at radius 1 is 1.29 bits per heavy atom. The maximum absolute atomic E-state index is 9.63. The number of hydrogen-bond acceptors (Lipinski definition) is 5. The van der Waals surface area contributed by atoms with Gasteiger partial charge in [0.05, 0.1) is 13.2 Å². The molecule has 5 heteroatoms. The summed E-state index contributed by atoms with van der Waals surface area (Å²) in [5, 5.41) is 28.2. The van der Waals surface area contributed by atoms with E-state index >= 15 is 0 Å². The quantitative estimate of drug-likeness (QED) is 0.530. The Morgan fingerprint density at radius 2 is 2.06 bits per heavy atom. The molecule has 0 aromatic rings. The van der Waals surface area contributed by atoms with E-state index in [0.29, 0.717) is 6.61 Å². The Balaban J connectivity index is 2.23. The molecule has 0 bridgehead atoms. The molecule has 1 rings (SSSR count). The van der Waals surface area contributed by atoms with E-state index in [1.54, 1.807) is 0 Å². The molecule has 1 saturated heterocycles. The fraction of sp³-hybridized carbons (Fsp3) is 1.00. The molecule has 0 spiro atoms. The summed E-state index contributed by atoms with van der Waals surface area (Å²) in [7, 11) is 0. The minimum absolute atomic E-state index is 0.0987. The van der Waals surface area contributed by atoms with Gasteiger partial charge in [-0.2, -0.15) is 0 Å². The molecule has 5 nitrogen and oxygen atoms in total. The molecule has 1 fully saturated rings. The Morgan fingerprint density at radius 3 is 2.59 bits per heavy atom. The number of hydrogen-bond donors (Lipinski definition) is 3. The van der Waals surface area contributed by atoms with Gasteiger partial charge in [-0.1, -0.05) is 26.2 Å². The van der Waals surface area contributed by atoms with Crippen molar-refractivity contribution in [1.29, 1.82) is 0 Å². The summed E-state index contributed by atoms with van der Waals surface area (Å²) in [5.41, 5.74) is 0. The van der Waals surface area contributed by atoms with Gasteiger partial charge in [0, 0.05) is 6.61 Å². The second-order valence-corrected chi connectivity index (χ2v) is 4.51. The maximum atomic E-state index is 9.63. The van der Waals surface area contributed by atoms with Gasteiger partial charge in [-0.15, -0.1) is 0 Å². The van der Waals surface area contributed by atoms with Crippen molar-refractivity contribution in [2.24, 2.45) is 0 Å². The molecule has 1 aliphatic heterocycles. The number of ether oxygens (including phenoxy) is 2. The number of unbranched alkanes of at least 4 members (excludes halogenated alkanes) is 3. The molecule has 1 aliphatic rings. The molecule has 3 N–H and O–H groups in total. The zero-order valence-electron chi connectivity index (χ0n) is 10.4. The lowest BCUT2D eigenvalue weighted by atomic mass is 10.1. The van der Waals surface area contributed by atoms with E-state index in [0.717, 1.165) is 12.8 Å². The van der Waals surface area contributed by atoms with E-state index in [2.05, 4.69) is 6.92 Å². The van der Waals surface area contributed by atoms with E-state index in [1.165, 1.54) is 12.8 Å². The average molecular weight is 248 g/mol. The molecule has 4 atom stereocenters. The standard InChI is InChI=1S/C12H24O5/c1-2-3-4-5-6-16-10(7-13)12-11(15)9(14)8-17-12/h9-15H,2-8H2,1H3/t9-,10+,11+,12+/m0/s1. The average Bonchev–Trinajstić information content (AvgIpc) is 2.66. The van der Waals surface area contributed by atoms with Crippen LogP contribution in [-0.2, 0) is 9.47 Å². The first-order valence-electron chi connectivity index (χ1n) is 6.40. The van der Waals surface area contributed by atoms with Gasteiger partial charge < -0.3 is 24.8 Å². The predicted octanol–water partition coefficient (Wildman–Crippen LogP) is 0.0648. The van der Waals surface area contributed by atoms with E-state index in [4.69, 9.17) is 9.47 Å². The van der Waals surface area contributed by atoms with Gasteiger partial charge in [0.25, 0.3) is 0 Å². The third-order valence-electron chi connectivity index (χ3n) is 3.07. The second kappa shape index (κ2) is 8.00. The molecular weight excluding hydrogens is 224 g/mol. The van der Waals surface area contributed by atoms with Crippen molar-refractivity contribution in [1.82, 2.24) is 0 Å². The van der Waals surface area contributed by atoms with Crippen LogP contribution in [0.3, 0.4) is 0 Å². The van der Waals surface area contributed by atoms with Crippen molar-refractivity contribution in [3.63, 3.8) is 0 Å². The van der Waals surface area contributed by atoms with E-state index < -0.39 is 24.4 Å². The number of rotatable bonds is 8. The summed E-state index contributed by atoms with van der Waals surface area (Å²) in [6.07, 6.45) is 1.36. The topological polar surface area (TPSA) is 79.2 Å². The number of aliphatic hydroxyl groups excluding tert-OH is 3. The van der Waals surface area contributed by atoms with Crippen LogP contribution in [0.5, 0.6) is 0 Å². The van der Waals surface area contributed by atoms with Crippen LogP contribution in [0.25, 0.3) is 0 Å². The van der Waals surface area contributed by atoms with Crippen molar-refractivity contribution in [2.45, 2.75) is 57.0 Å². The predicted molar refractivity (Wildman–Crippen MR) is 62.7 cm³/mol. The summed E-state index contributed by atoms with van der Waals surface area (Å²) < 4.78 is 10.7. The van der Waals surface area contributed by atoms with Gasteiger partial charge in [-0.25, -0.2) is 0 Å². The van der Waals surface area contributed by atoms with Gasteiger partial charge in [0.1, 0.15) is 24.4 Å². The number of aliphatic hydroxyl groups is 3. The molecule has 17 heavy (non-hydrogen) atoms. The van der Waals surface area contributed by atoms with Crippen LogP contribution in [0.2, 0.25) is 0 Å². The van der Waals surface area contributed by atoms with Crippen LogP contribution >= 0.6 is 0 Å². The minimum Gasteiger partial charge on any atom is -0.394 e. The third-order valence-corrected chi connectivity index (χ3v) is 3.07. The molecule has 102 valence electrons. The summed E-state index contributed by atoms with van der Waals surface area (Å²) >= 11 is 0. The van der Waals surface area contributed by atoms with Crippen LogP contribution in [0, 0.1) is 0 Å². The highest BCUT2D eigenvalue weighted by atomic mass is 16.6. The maximum Gasteiger partial charge on any atom is 0.114 e. The van der Waals surface area contributed by atoms with Gasteiger partial charge in [0.2, 0.25) is 0 Å². The van der Waals surface area contributed by atoms with Crippen LogP contribution in [-0.4, -0.2) is 59.6 Å². The Bertz CT molecular complexity index is 199. The molecule has 0 radical (unpaired) electrons. The molecule has 1 heterocycles. The summed E-state index contributed by atoms with van der Waals surface area (Å²) in [6.45, 7) is 2.58. The van der Waals surface area contributed by atoms with Crippen molar-refractivity contribution in [2.75, 3.05) is 19.8 Å². The van der Waals surface area contributed by atoms with Crippen LogP contribution in [0.15, 0.2) is 0 Å². The molecule has 0 amide bonds. The summed E-state index contributed by atoms with van der Waals surface area (Å²) in [4.78, 5) is 0. The highest BCUT2D eigenvalue weighted by molar-refractivity contribution is 4.88. The van der Waals surface area contributed by atoms with Crippen molar-refractivity contribution in [3.05, 3.63) is 0 Å².